The second-order valence-corrected chi connectivity index (χ2v) is 13.7. The van der Waals surface area contributed by atoms with Gasteiger partial charge in [-0.05, 0) is 25.1 Å². The van der Waals surface area contributed by atoms with Crippen LogP contribution in [0.15, 0.2) is 0 Å². The van der Waals surface area contributed by atoms with Crippen molar-refractivity contribution in [3.05, 3.63) is 0 Å². The Labute approximate surface area is 179 Å². The second-order valence-electron chi connectivity index (χ2n) is 7.89. The fourth-order valence-electron chi connectivity index (χ4n) is 3.10. The molecule has 186 valence electrons. The summed E-state index contributed by atoms with van der Waals surface area (Å²) in [6.45, 7) is 5.83. The standard InChI is InChI=1S/C17H30F6O6SSi/c1-5-6-7-9-13(31(3,4)28-2)10-8-11-14(24)29-15(16(18,19)20,17(21,22)23)12-30(25,26)27/h13H,5-12H2,1-4H3,(H,25,26,27)/p-1. The van der Waals surface area contributed by atoms with E-state index in [1.807, 2.05) is 20.0 Å². The van der Waals surface area contributed by atoms with Crippen LogP contribution in [-0.2, 0) is 24.1 Å². The van der Waals surface area contributed by atoms with E-state index in [-0.39, 0.29) is 12.0 Å². The Morgan fingerprint density at radius 2 is 1.48 bits per heavy atom. The average molecular weight is 504 g/mol. The van der Waals surface area contributed by atoms with Crippen molar-refractivity contribution in [2.75, 3.05) is 12.9 Å². The van der Waals surface area contributed by atoms with Gasteiger partial charge in [-0.3, -0.25) is 4.79 Å². The molecule has 0 amide bonds. The Bertz CT molecular complexity index is 664. The lowest BCUT2D eigenvalue weighted by Crippen LogP contribution is -2.63. The molecule has 0 aromatic carbocycles. The highest BCUT2D eigenvalue weighted by Gasteiger charge is 2.75. The first-order valence-electron chi connectivity index (χ1n) is 9.67. The van der Waals surface area contributed by atoms with E-state index in [1.54, 1.807) is 0 Å². The van der Waals surface area contributed by atoms with Crippen molar-refractivity contribution in [3.63, 3.8) is 0 Å². The van der Waals surface area contributed by atoms with Gasteiger partial charge in [0.05, 0.1) is 15.9 Å². The summed E-state index contributed by atoms with van der Waals surface area (Å²) in [6.07, 6.45) is -9.79. The summed E-state index contributed by atoms with van der Waals surface area (Å²) >= 11 is 0. The van der Waals surface area contributed by atoms with E-state index in [0.29, 0.717) is 6.42 Å². The van der Waals surface area contributed by atoms with Crippen LogP contribution in [0.1, 0.15) is 51.9 Å². The van der Waals surface area contributed by atoms with Gasteiger partial charge < -0.3 is 13.7 Å². The number of hydrogen-bond donors (Lipinski definition) is 0. The number of ether oxygens (including phenoxy) is 1. The molecule has 0 aromatic rings. The third-order valence-electron chi connectivity index (χ3n) is 5.18. The first kappa shape index (κ1) is 30.1. The molecule has 0 aromatic heterocycles. The van der Waals surface area contributed by atoms with Crippen LogP contribution < -0.4 is 0 Å². The third kappa shape index (κ3) is 9.26. The largest absolute Gasteiger partial charge is 0.748 e. The fraction of sp³-hybridized carbons (Fsp3) is 0.941. The number of alkyl halides is 6. The molecule has 0 rings (SSSR count). The van der Waals surface area contributed by atoms with Crippen molar-refractivity contribution < 1.29 is 53.3 Å². The van der Waals surface area contributed by atoms with Gasteiger partial charge in [-0.25, -0.2) is 8.42 Å². The molecule has 0 spiro atoms. The molecule has 0 bridgehead atoms. The highest BCUT2D eigenvalue weighted by molar-refractivity contribution is 7.85. The van der Waals surface area contributed by atoms with E-state index in [9.17, 15) is 44.1 Å². The zero-order valence-electron chi connectivity index (χ0n) is 17.9. The van der Waals surface area contributed by atoms with Crippen LogP contribution in [0.5, 0.6) is 0 Å². The molecule has 0 saturated heterocycles. The maximum absolute atomic E-state index is 13.2. The summed E-state index contributed by atoms with van der Waals surface area (Å²) in [4.78, 5) is 11.9. The maximum atomic E-state index is 13.2. The number of carbonyl (C=O) groups is 1. The molecule has 0 heterocycles. The predicted molar refractivity (Wildman–Crippen MR) is 102 cm³/mol. The van der Waals surface area contributed by atoms with Gasteiger partial charge in [-0.15, -0.1) is 0 Å². The van der Waals surface area contributed by atoms with E-state index in [1.165, 1.54) is 7.11 Å². The Morgan fingerprint density at radius 1 is 1.00 bits per heavy atom. The Morgan fingerprint density at radius 3 is 1.87 bits per heavy atom. The lowest BCUT2D eigenvalue weighted by atomic mass is 10.0. The van der Waals surface area contributed by atoms with Gasteiger partial charge in [0.15, 0.2) is 8.32 Å². The summed E-state index contributed by atoms with van der Waals surface area (Å²) in [7, 11) is -6.72. The van der Waals surface area contributed by atoms with Crippen LogP contribution in [0.4, 0.5) is 26.3 Å². The first-order valence-corrected chi connectivity index (χ1v) is 14.2. The lowest BCUT2D eigenvalue weighted by molar-refractivity contribution is -0.361. The molecule has 31 heavy (non-hydrogen) atoms. The summed E-state index contributed by atoms with van der Waals surface area (Å²) in [5.41, 5.74) is -5.41. The van der Waals surface area contributed by atoms with E-state index in [2.05, 4.69) is 4.74 Å². The Hall–Kier alpha value is -0.863. The zero-order valence-corrected chi connectivity index (χ0v) is 19.7. The van der Waals surface area contributed by atoms with Crippen LogP contribution >= 0.6 is 0 Å². The van der Waals surface area contributed by atoms with E-state index in [4.69, 9.17) is 4.43 Å². The molecule has 6 nitrogen and oxygen atoms in total. The van der Waals surface area contributed by atoms with Gasteiger partial charge in [0.25, 0.3) is 0 Å². The third-order valence-corrected chi connectivity index (χ3v) is 9.54. The normalized spacial score (nSPS) is 15.1. The zero-order chi connectivity index (χ0) is 24.7. The van der Waals surface area contributed by atoms with E-state index < -0.39 is 54.5 Å². The molecule has 0 saturated carbocycles. The van der Waals surface area contributed by atoms with Gasteiger partial charge in [0, 0.05) is 13.5 Å². The number of esters is 1. The SMILES string of the molecule is CCCCCC(CCCC(=O)OC(CS(=O)(=O)[O-])(C(F)(F)F)C(F)(F)F)[Si](C)(C)OC. The van der Waals surface area contributed by atoms with Crippen molar-refractivity contribution in [2.24, 2.45) is 0 Å². The van der Waals surface area contributed by atoms with Crippen molar-refractivity contribution in [2.45, 2.75) is 88.5 Å². The average Bonchev–Trinajstić information content (AvgIpc) is 2.56. The van der Waals surface area contributed by atoms with Crippen LogP contribution in [0.25, 0.3) is 0 Å². The van der Waals surface area contributed by atoms with Crippen molar-refractivity contribution >= 4 is 24.4 Å². The van der Waals surface area contributed by atoms with Crippen molar-refractivity contribution in [3.8, 4) is 0 Å². The van der Waals surface area contributed by atoms with Crippen LogP contribution in [0.2, 0.25) is 18.6 Å². The molecular formula is C17H29F6O6SSi-. The Balaban J connectivity index is 5.42. The number of carbonyl (C=O) groups excluding carboxylic acids is 1. The van der Waals surface area contributed by atoms with Crippen molar-refractivity contribution in [1.29, 1.82) is 0 Å². The van der Waals surface area contributed by atoms with Crippen LogP contribution in [0, 0.1) is 0 Å². The number of halogens is 6. The lowest BCUT2D eigenvalue weighted by Gasteiger charge is -2.37. The molecule has 14 heteroatoms. The summed E-state index contributed by atoms with van der Waals surface area (Å²) < 4.78 is 120. The summed E-state index contributed by atoms with van der Waals surface area (Å²) in [6, 6.07) is 0. The predicted octanol–water partition coefficient (Wildman–Crippen LogP) is 4.91. The van der Waals surface area contributed by atoms with Crippen LogP contribution in [-0.4, -0.2) is 58.1 Å². The number of unbranched alkanes of at least 4 members (excludes halogenated alkanes) is 2. The monoisotopic (exact) mass is 503 g/mol. The van der Waals surface area contributed by atoms with Crippen molar-refractivity contribution in [1.82, 2.24) is 0 Å². The quantitative estimate of drug-likeness (QED) is 0.117. The van der Waals surface area contributed by atoms with Gasteiger partial charge in [-0.1, -0.05) is 39.0 Å². The second kappa shape index (κ2) is 11.3. The summed E-state index contributed by atoms with van der Waals surface area (Å²) in [5.74, 6) is -4.87. The molecule has 0 radical (unpaired) electrons. The topological polar surface area (TPSA) is 92.7 Å². The smallest absolute Gasteiger partial charge is 0.438 e. The van der Waals surface area contributed by atoms with Crippen LogP contribution in [0.3, 0.4) is 0 Å². The minimum atomic E-state index is -6.36. The van der Waals surface area contributed by atoms with Gasteiger partial charge in [0.2, 0.25) is 0 Å². The minimum Gasteiger partial charge on any atom is -0.748 e. The first-order chi connectivity index (χ1) is 13.8. The van der Waals surface area contributed by atoms with Gasteiger partial charge >= 0.3 is 23.9 Å². The fourth-order valence-corrected chi connectivity index (χ4v) is 6.12. The number of hydrogen-bond acceptors (Lipinski definition) is 6. The molecule has 0 aliphatic heterocycles. The molecule has 0 fully saturated rings. The highest BCUT2D eigenvalue weighted by atomic mass is 32.2. The molecule has 1 unspecified atom stereocenters. The van der Waals surface area contributed by atoms with E-state index in [0.717, 1.165) is 25.7 Å². The van der Waals surface area contributed by atoms with E-state index >= 15 is 0 Å². The van der Waals surface area contributed by atoms with Gasteiger partial charge in [-0.2, -0.15) is 26.3 Å². The Kier molecular flexibility index (Phi) is 11.0. The molecule has 1 atom stereocenters. The maximum Gasteiger partial charge on any atom is 0.438 e. The van der Waals surface area contributed by atoms with Gasteiger partial charge in [0.1, 0.15) is 0 Å². The highest BCUT2D eigenvalue weighted by Crippen LogP contribution is 2.47. The molecule has 0 N–H and O–H groups in total. The number of rotatable bonds is 13. The molecular weight excluding hydrogens is 474 g/mol. The summed E-state index contributed by atoms with van der Waals surface area (Å²) in [5, 5.41) is 0. The molecule has 0 aliphatic rings. The minimum absolute atomic E-state index is 0.00820. The molecule has 0 aliphatic carbocycles.